The van der Waals surface area contributed by atoms with Gasteiger partial charge in [-0.2, -0.15) is 0 Å². The third-order valence-corrected chi connectivity index (χ3v) is 5.48. The monoisotopic (exact) mass is 436 g/mol. The lowest BCUT2D eigenvalue weighted by Gasteiger charge is -2.22. The lowest BCUT2D eigenvalue weighted by atomic mass is 10.0. The van der Waals surface area contributed by atoms with Crippen molar-refractivity contribution in [1.82, 2.24) is 9.80 Å². The van der Waals surface area contributed by atoms with E-state index in [1.165, 1.54) is 4.90 Å². The summed E-state index contributed by atoms with van der Waals surface area (Å²) in [7, 11) is 3.42. The highest BCUT2D eigenvalue weighted by Crippen LogP contribution is 2.36. The number of carbonyl (C=O) groups excluding carboxylic acids is 2. The predicted octanol–water partition coefficient (Wildman–Crippen LogP) is 4.11. The Balaban J connectivity index is 1.87. The largest absolute Gasteiger partial charge is 0.496 e. The average Bonchev–Trinajstić information content (AvgIpc) is 3.06. The maximum atomic E-state index is 13.4. The minimum absolute atomic E-state index is 0.275. The van der Waals surface area contributed by atoms with Crippen molar-refractivity contribution in [3.63, 3.8) is 0 Å². The summed E-state index contributed by atoms with van der Waals surface area (Å²) in [5.74, 6) is 0.00451. The zero-order valence-electron chi connectivity index (χ0n) is 19.2. The van der Waals surface area contributed by atoms with Gasteiger partial charge < -0.3 is 14.4 Å². The van der Waals surface area contributed by atoms with Crippen LogP contribution in [0.2, 0.25) is 0 Å². The molecular weight excluding hydrogens is 404 g/mol. The van der Waals surface area contributed by atoms with E-state index in [2.05, 4.69) is 6.92 Å². The number of hydrogen-bond acceptors (Lipinski definition) is 5. The smallest absolute Gasteiger partial charge is 0.277 e. The van der Waals surface area contributed by atoms with Gasteiger partial charge in [-0.3, -0.25) is 14.5 Å². The third kappa shape index (κ3) is 5.37. The molecule has 0 aliphatic carbocycles. The second-order valence-corrected chi connectivity index (χ2v) is 7.85. The Kier molecular flexibility index (Phi) is 8.45. The van der Waals surface area contributed by atoms with Crippen molar-refractivity contribution in [3.05, 3.63) is 71.4 Å². The molecule has 0 atom stereocenters. The molecule has 0 saturated heterocycles. The van der Waals surface area contributed by atoms with Crippen LogP contribution in [0.25, 0.3) is 5.57 Å². The van der Waals surface area contributed by atoms with E-state index in [0.717, 1.165) is 18.4 Å². The molecular formula is C26H32N2O4. The molecule has 6 nitrogen and oxygen atoms in total. The second-order valence-electron chi connectivity index (χ2n) is 7.85. The minimum atomic E-state index is -0.289. The molecule has 1 heterocycles. The highest BCUT2D eigenvalue weighted by atomic mass is 16.5. The first-order valence-corrected chi connectivity index (χ1v) is 11.1. The molecule has 1 aliphatic rings. The van der Waals surface area contributed by atoms with Gasteiger partial charge in [0.1, 0.15) is 11.4 Å². The molecule has 2 aromatic rings. The van der Waals surface area contributed by atoms with E-state index < -0.39 is 0 Å². The standard InChI is InChI=1S/C26H32N2O4/c1-4-5-17-32-18-11-16-28-25(29)23(21-14-9-10-15-22(21)31-3)24(26(28)30)27(2)19-20-12-7-6-8-13-20/h6-10,12-15H,4-5,11,16-19H2,1-3H3. The van der Waals surface area contributed by atoms with Gasteiger partial charge in [-0.15, -0.1) is 0 Å². The predicted molar refractivity (Wildman–Crippen MR) is 125 cm³/mol. The van der Waals surface area contributed by atoms with Gasteiger partial charge >= 0.3 is 0 Å². The highest BCUT2D eigenvalue weighted by molar-refractivity contribution is 6.36. The van der Waals surface area contributed by atoms with Gasteiger partial charge in [-0.1, -0.05) is 61.9 Å². The number of likely N-dealkylation sites (N-methyl/N-ethyl adjacent to an activating group) is 1. The molecule has 0 aromatic heterocycles. The van der Waals surface area contributed by atoms with Crippen LogP contribution in [0.1, 0.15) is 37.3 Å². The third-order valence-electron chi connectivity index (χ3n) is 5.48. The van der Waals surface area contributed by atoms with Gasteiger partial charge in [0.05, 0.1) is 12.7 Å². The zero-order chi connectivity index (χ0) is 22.9. The van der Waals surface area contributed by atoms with Gasteiger partial charge in [0, 0.05) is 38.9 Å². The zero-order valence-corrected chi connectivity index (χ0v) is 19.2. The average molecular weight is 437 g/mol. The van der Waals surface area contributed by atoms with E-state index >= 15 is 0 Å². The summed E-state index contributed by atoms with van der Waals surface area (Å²) in [6.45, 7) is 4.18. The fourth-order valence-corrected chi connectivity index (χ4v) is 3.82. The molecule has 0 saturated carbocycles. The van der Waals surface area contributed by atoms with Gasteiger partial charge in [-0.05, 0) is 24.5 Å². The minimum Gasteiger partial charge on any atom is -0.496 e. The number of amides is 2. The molecule has 170 valence electrons. The number of hydrogen-bond donors (Lipinski definition) is 0. The Hall–Kier alpha value is -3.12. The maximum Gasteiger partial charge on any atom is 0.277 e. The fraction of sp³-hybridized carbons (Fsp3) is 0.385. The molecule has 0 fully saturated rings. The summed E-state index contributed by atoms with van der Waals surface area (Å²) in [6.07, 6.45) is 2.69. The van der Waals surface area contributed by atoms with Crippen LogP contribution in [0, 0.1) is 0 Å². The quantitative estimate of drug-likeness (QED) is 0.370. The summed E-state index contributed by atoms with van der Waals surface area (Å²) in [6, 6.07) is 17.2. The van der Waals surface area contributed by atoms with Crippen molar-refractivity contribution in [2.24, 2.45) is 0 Å². The van der Waals surface area contributed by atoms with Crippen LogP contribution in [-0.2, 0) is 20.9 Å². The number of methoxy groups -OCH3 is 1. The Bertz CT molecular complexity index is 955. The molecule has 0 radical (unpaired) electrons. The number of para-hydroxylation sites is 1. The van der Waals surface area contributed by atoms with Crippen LogP contribution in [0.3, 0.4) is 0 Å². The number of benzene rings is 2. The van der Waals surface area contributed by atoms with Gasteiger partial charge in [0.2, 0.25) is 0 Å². The van der Waals surface area contributed by atoms with Crippen molar-refractivity contribution in [2.75, 3.05) is 33.9 Å². The number of imide groups is 1. The number of rotatable bonds is 12. The molecule has 0 bridgehead atoms. The molecule has 32 heavy (non-hydrogen) atoms. The Labute approximate surface area is 190 Å². The Morgan fingerprint density at radius 3 is 2.31 bits per heavy atom. The normalized spacial score (nSPS) is 13.8. The summed E-state index contributed by atoms with van der Waals surface area (Å²) < 4.78 is 11.1. The first-order chi connectivity index (χ1) is 15.6. The van der Waals surface area contributed by atoms with E-state index in [-0.39, 0.29) is 11.8 Å². The SMILES string of the molecule is CCCCOCCCN1C(=O)C(c2ccccc2OC)=C(N(C)Cc2ccccc2)C1=O. The van der Waals surface area contributed by atoms with Crippen LogP contribution in [0.15, 0.2) is 60.3 Å². The van der Waals surface area contributed by atoms with Crippen LogP contribution >= 0.6 is 0 Å². The molecule has 2 aromatic carbocycles. The van der Waals surface area contributed by atoms with Crippen LogP contribution in [-0.4, -0.2) is 55.5 Å². The fourth-order valence-electron chi connectivity index (χ4n) is 3.82. The first kappa shape index (κ1) is 23.5. The highest BCUT2D eigenvalue weighted by Gasteiger charge is 2.41. The van der Waals surface area contributed by atoms with E-state index in [1.807, 2.05) is 60.5 Å². The first-order valence-electron chi connectivity index (χ1n) is 11.1. The molecule has 0 unspecified atom stereocenters. The Morgan fingerprint density at radius 1 is 0.906 bits per heavy atom. The lowest BCUT2D eigenvalue weighted by Crippen LogP contribution is -2.35. The van der Waals surface area contributed by atoms with Gasteiger partial charge in [-0.25, -0.2) is 0 Å². The Morgan fingerprint density at radius 2 is 1.59 bits per heavy atom. The van der Waals surface area contributed by atoms with Gasteiger partial charge in [0.15, 0.2) is 0 Å². The lowest BCUT2D eigenvalue weighted by molar-refractivity contribution is -0.137. The van der Waals surface area contributed by atoms with Crippen molar-refractivity contribution < 1.29 is 19.1 Å². The molecule has 2 amide bonds. The summed E-state index contributed by atoms with van der Waals surface area (Å²) >= 11 is 0. The number of unbranched alkanes of at least 4 members (excludes halogenated alkanes) is 1. The van der Waals surface area contributed by atoms with Crippen molar-refractivity contribution in [2.45, 2.75) is 32.7 Å². The number of nitrogens with zero attached hydrogens (tertiary/aromatic N) is 2. The van der Waals surface area contributed by atoms with Crippen LogP contribution in [0.4, 0.5) is 0 Å². The van der Waals surface area contributed by atoms with E-state index in [0.29, 0.717) is 55.3 Å². The second kappa shape index (κ2) is 11.5. The molecule has 0 N–H and O–H groups in total. The molecule has 6 heteroatoms. The van der Waals surface area contributed by atoms with Crippen molar-refractivity contribution in [3.8, 4) is 5.75 Å². The molecule has 0 spiro atoms. The summed E-state index contributed by atoms with van der Waals surface area (Å²) in [5.41, 5.74) is 2.47. The van der Waals surface area contributed by atoms with E-state index in [9.17, 15) is 9.59 Å². The molecule has 3 rings (SSSR count). The van der Waals surface area contributed by atoms with Crippen molar-refractivity contribution >= 4 is 17.4 Å². The number of carbonyl (C=O) groups is 2. The van der Waals surface area contributed by atoms with Gasteiger partial charge in [0.25, 0.3) is 11.8 Å². The summed E-state index contributed by atoms with van der Waals surface area (Å²) in [4.78, 5) is 30.1. The topological polar surface area (TPSA) is 59.1 Å². The van der Waals surface area contributed by atoms with Crippen LogP contribution in [0.5, 0.6) is 5.75 Å². The summed E-state index contributed by atoms with van der Waals surface area (Å²) in [5, 5.41) is 0. The van der Waals surface area contributed by atoms with Crippen LogP contribution < -0.4 is 4.74 Å². The van der Waals surface area contributed by atoms with E-state index in [1.54, 1.807) is 13.2 Å². The molecule has 1 aliphatic heterocycles. The van der Waals surface area contributed by atoms with Crippen molar-refractivity contribution in [1.29, 1.82) is 0 Å². The number of ether oxygens (including phenoxy) is 2. The van der Waals surface area contributed by atoms with E-state index in [4.69, 9.17) is 9.47 Å². The maximum absolute atomic E-state index is 13.4.